The molecule has 2 rings (SSSR count). The van der Waals surface area contributed by atoms with Gasteiger partial charge in [0.2, 0.25) is 0 Å². The summed E-state index contributed by atoms with van der Waals surface area (Å²) in [5.41, 5.74) is -0.106. The van der Waals surface area contributed by atoms with Crippen LogP contribution < -0.4 is 0 Å². The lowest BCUT2D eigenvalue weighted by Crippen LogP contribution is -2.32. The minimum Gasteiger partial charge on any atom is -0.298 e. The highest BCUT2D eigenvalue weighted by Gasteiger charge is 2.29. The molecular weight excluding hydrogens is 274 g/mol. The van der Waals surface area contributed by atoms with Gasteiger partial charge < -0.3 is 0 Å². The predicted octanol–water partition coefficient (Wildman–Crippen LogP) is 3.31. The molecule has 0 saturated carbocycles. The number of ketones is 1. The van der Waals surface area contributed by atoms with Crippen molar-refractivity contribution in [2.45, 2.75) is 23.8 Å². The van der Waals surface area contributed by atoms with Crippen molar-refractivity contribution >= 4 is 29.3 Å². The molecule has 1 aromatic rings. The molecule has 1 aliphatic rings. The van der Waals surface area contributed by atoms with Gasteiger partial charge in [0.25, 0.3) is 0 Å². The minimum absolute atomic E-state index is 0.0799. The summed E-state index contributed by atoms with van der Waals surface area (Å²) in [5.74, 6) is 0.604. The molecule has 2 unspecified atom stereocenters. The Bertz CT molecular complexity index is 430. The second kappa shape index (κ2) is 6.06. The lowest BCUT2D eigenvalue weighted by Gasteiger charge is -2.26. The number of hydrogen-bond donors (Lipinski definition) is 0. The molecule has 5 heteroatoms. The molecule has 0 N–H and O–H groups in total. The Balaban J connectivity index is 2.11. The molecular formula is C13H14F2OS2. The standard InChI is InChI=1S/C13H14F2OS2/c1-8-13(18-6-5-17-8)12(16)7-9-10(14)3-2-4-11(9)15/h2-4,8,13H,5-7H2,1H3. The molecule has 0 radical (unpaired) electrons. The van der Waals surface area contributed by atoms with Crippen molar-refractivity contribution in [3.8, 4) is 0 Å². The normalized spacial score (nSPS) is 23.9. The third-order valence-corrected chi connectivity index (χ3v) is 6.06. The van der Waals surface area contributed by atoms with Crippen LogP contribution in [0.2, 0.25) is 0 Å². The van der Waals surface area contributed by atoms with E-state index in [0.717, 1.165) is 11.5 Å². The van der Waals surface area contributed by atoms with Gasteiger partial charge >= 0.3 is 0 Å². The lowest BCUT2D eigenvalue weighted by molar-refractivity contribution is -0.118. The average Bonchev–Trinajstić information content (AvgIpc) is 2.34. The van der Waals surface area contributed by atoms with Gasteiger partial charge in [0.05, 0.1) is 5.25 Å². The van der Waals surface area contributed by atoms with Crippen LogP contribution in [-0.2, 0) is 11.2 Å². The highest BCUT2D eigenvalue weighted by molar-refractivity contribution is 8.07. The molecule has 0 bridgehead atoms. The van der Waals surface area contributed by atoms with Crippen molar-refractivity contribution in [1.82, 2.24) is 0 Å². The lowest BCUT2D eigenvalue weighted by atomic mass is 10.0. The summed E-state index contributed by atoms with van der Waals surface area (Å²) in [6.07, 6.45) is -0.152. The molecule has 0 aromatic heterocycles. The van der Waals surface area contributed by atoms with E-state index >= 15 is 0 Å². The van der Waals surface area contributed by atoms with E-state index in [-0.39, 0.29) is 28.3 Å². The van der Waals surface area contributed by atoms with E-state index in [1.54, 1.807) is 23.5 Å². The zero-order chi connectivity index (χ0) is 13.1. The smallest absolute Gasteiger partial charge is 0.151 e. The van der Waals surface area contributed by atoms with Gasteiger partial charge in [-0.3, -0.25) is 4.79 Å². The fourth-order valence-corrected chi connectivity index (χ4v) is 4.70. The Morgan fingerprint density at radius 3 is 2.50 bits per heavy atom. The fourth-order valence-electron chi connectivity index (χ4n) is 1.96. The molecule has 1 aromatic carbocycles. The van der Waals surface area contributed by atoms with Crippen LogP contribution >= 0.6 is 23.5 Å². The number of Topliss-reactive ketones (excluding diaryl/α,β-unsaturated/α-hetero) is 1. The van der Waals surface area contributed by atoms with Crippen LogP contribution in [0.15, 0.2) is 18.2 Å². The third kappa shape index (κ3) is 3.06. The molecule has 2 atom stereocenters. The van der Waals surface area contributed by atoms with E-state index in [0.29, 0.717) is 0 Å². The Kier molecular flexibility index (Phi) is 4.67. The first kappa shape index (κ1) is 13.9. The van der Waals surface area contributed by atoms with Crippen molar-refractivity contribution < 1.29 is 13.6 Å². The number of benzene rings is 1. The molecule has 98 valence electrons. The molecule has 1 aliphatic heterocycles. The Morgan fingerprint density at radius 1 is 1.28 bits per heavy atom. The number of hydrogen-bond acceptors (Lipinski definition) is 3. The summed E-state index contributed by atoms with van der Waals surface area (Å²) >= 11 is 3.34. The van der Waals surface area contributed by atoms with Crippen molar-refractivity contribution in [3.05, 3.63) is 35.4 Å². The third-order valence-electron chi connectivity index (χ3n) is 2.92. The Labute approximate surface area is 114 Å². The summed E-state index contributed by atoms with van der Waals surface area (Å²) < 4.78 is 26.9. The molecule has 1 saturated heterocycles. The topological polar surface area (TPSA) is 17.1 Å². The number of carbonyl (C=O) groups excluding carboxylic acids is 1. The van der Waals surface area contributed by atoms with Gasteiger partial charge in [-0.05, 0) is 12.1 Å². The summed E-state index contributed by atoms with van der Waals surface area (Å²) in [4.78, 5) is 12.1. The first-order valence-corrected chi connectivity index (χ1v) is 7.88. The monoisotopic (exact) mass is 288 g/mol. The minimum atomic E-state index is -0.635. The molecule has 1 fully saturated rings. The second-order valence-corrected chi connectivity index (χ2v) is 6.95. The number of rotatable bonds is 3. The van der Waals surface area contributed by atoms with Gasteiger partial charge in [0.1, 0.15) is 11.6 Å². The first-order chi connectivity index (χ1) is 8.59. The highest BCUT2D eigenvalue weighted by Crippen LogP contribution is 2.32. The van der Waals surface area contributed by atoms with Crippen LogP contribution in [0.1, 0.15) is 12.5 Å². The molecule has 1 nitrogen and oxygen atoms in total. The van der Waals surface area contributed by atoms with Crippen LogP contribution in [0.25, 0.3) is 0 Å². The van der Waals surface area contributed by atoms with Gasteiger partial charge in [-0.2, -0.15) is 11.8 Å². The van der Waals surface area contributed by atoms with E-state index < -0.39 is 11.6 Å². The molecule has 0 aliphatic carbocycles. The van der Waals surface area contributed by atoms with Crippen molar-refractivity contribution in [2.24, 2.45) is 0 Å². The number of thioether (sulfide) groups is 2. The number of halogens is 2. The van der Waals surface area contributed by atoms with Gasteiger partial charge in [-0.15, -0.1) is 11.8 Å². The van der Waals surface area contributed by atoms with E-state index in [2.05, 4.69) is 0 Å². The molecule has 18 heavy (non-hydrogen) atoms. The average molecular weight is 288 g/mol. The van der Waals surface area contributed by atoms with Crippen molar-refractivity contribution in [2.75, 3.05) is 11.5 Å². The summed E-state index contributed by atoms with van der Waals surface area (Å²) in [6.45, 7) is 2.00. The molecule has 0 spiro atoms. The summed E-state index contributed by atoms with van der Waals surface area (Å²) in [7, 11) is 0. The quantitative estimate of drug-likeness (QED) is 0.849. The van der Waals surface area contributed by atoms with Crippen molar-refractivity contribution in [1.29, 1.82) is 0 Å². The Hall–Kier alpha value is -0.550. The molecule has 0 amide bonds. The zero-order valence-electron chi connectivity index (χ0n) is 9.99. The maximum absolute atomic E-state index is 13.5. The van der Waals surface area contributed by atoms with Crippen molar-refractivity contribution in [3.63, 3.8) is 0 Å². The van der Waals surface area contributed by atoms with Crippen LogP contribution in [0.4, 0.5) is 8.78 Å². The van der Waals surface area contributed by atoms with E-state index in [9.17, 15) is 13.6 Å². The number of carbonyl (C=O) groups is 1. The van der Waals surface area contributed by atoms with E-state index in [1.165, 1.54) is 18.2 Å². The van der Waals surface area contributed by atoms with Crippen LogP contribution in [0, 0.1) is 11.6 Å². The Morgan fingerprint density at radius 2 is 1.89 bits per heavy atom. The van der Waals surface area contributed by atoms with Crippen LogP contribution in [0.5, 0.6) is 0 Å². The van der Waals surface area contributed by atoms with Crippen LogP contribution in [0.3, 0.4) is 0 Å². The maximum Gasteiger partial charge on any atom is 0.151 e. The summed E-state index contributed by atoms with van der Waals surface area (Å²) in [5, 5.41) is 0.0637. The highest BCUT2D eigenvalue weighted by atomic mass is 32.2. The first-order valence-electron chi connectivity index (χ1n) is 5.78. The fraction of sp³-hybridized carbons (Fsp3) is 0.462. The van der Waals surface area contributed by atoms with E-state index in [1.807, 2.05) is 6.92 Å². The largest absolute Gasteiger partial charge is 0.298 e. The second-order valence-electron chi connectivity index (χ2n) is 4.21. The predicted molar refractivity (Wildman–Crippen MR) is 73.2 cm³/mol. The van der Waals surface area contributed by atoms with Gasteiger partial charge in [-0.1, -0.05) is 13.0 Å². The van der Waals surface area contributed by atoms with E-state index in [4.69, 9.17) is 0 Å². The van der Waals surface area contributed by atoms with Gasteiger partial charge in [0, 0.05) is 28.7 Å². The van der Waals surface area contributed by atoms with Crippen LogP contribution in [-0.4, -0.2) is 27.8 Å². The maximum atomic E-state index is 13.5. The summed E-state index contributed by atoms with van der Waals surface area (Å²) in [6, 6.07) is 3.70. The SMILES string of the molecule is CC1SCCSC1C(=O)Cc1c(F)cccc1F. The zero-order valence-corrected chi connectivity index (χ0v) is 11.6. The molecule has 1 heterocycles. The van der Waals surface area contributed by atoms with Gasteiger partial charge in [-0.25, -0.2) is 8.78 Å². The van der Waals surface area contributed by atoms with Gasteiger partial charge in [0.15, 0.2) is 5.78 Å².